The van der Waals surface area contributed by atoms with Crippen molar-refractivity contribution in [2.45, 2.75) is 19.6 Å². The zero-order valence-electron chi connectivity index (χ0n) is 13.8. The maximum Gasteiger partial charge on any atom is 0.259 e. The number of nitrogens with zero attached hydrogens (tertiary/aromatic N) is 2. The maximum atomic E-state index is 12.8. The van der Waals surface area contributed by atoms with Gasteiger partial charge in [-0.2, -0.15) is 0 Å². The summed E-state index contributed by atoms with van der Waals surface area (Å²) in [5.74, 6) is 0.800. The highest BCUT2D eigenvalue weighted by molar-refractivity contribution is 8.13. The number of rotatable bonds is 3. The Bertz CT molecular complexity index is 766. The Labute approximate surface area is 151 Å². The van der Waals surface area contributed by atoms with Crippen molar-refractivity contribution in [2.75, 3.05) is 13.1 Å². The minimum absolute atomic E-state index is 0.0293. The Morgan fingerprint density at radius 3 is 2.50 bits per heavy atom. The van der Waals surface area contributed by atoms with Crippen LogP contribution in [0.25, 0.3) is 0 Å². The fourth-order valence-corrected chi connectivity index (χ4v) is 3.85. The molecular formula is C19H19ClN2OS. The van der Waals surface area contributed by atoms with Crippen molar-refractivity contribution >= 4 is 34.4 Å². The second kappa shape index (κ2) is 7.41. The van der Waals surface area contributed by atoms with E-state index < -0.39 is 0 Å². The fraction of sp³-hybridized carbons (Fsp3) is 0.263. The van der Waals surface area contributed by atoms with Crippen molar-refractivity contribution in [3.05, 3.63) is 69.7 Å². The molecule has 0 saturated heterocycles. The molecule has 0 radical (unpaired) electrons. The number of thioether (sulfide) groups is 1. The first kappa shape index (κ1) is 17.1. The van der Waals surface area contributed by atoms with E-state index in [0.717, 1.165) is 38.2 Å². The first-order valence-electron chi connectivity index (χ1n) is 7.85. The molecule has 1 aliphatic heterocycles. The number of halogens is 1. The van der Waals surface area contributed by atoms with E-state index in [1.165, 1.54) is 0 Å². The van der Waals surface area contributed by atoms with Crippen molar-refractivity contribution in [1.82, 2.24) is 4.90 Å². The standard InChI is InChI=1S/C19H19ClN2OS/c1-13-9-14(2)11-16(10-13)18(23)22-8-7-21-19(22)24-12-15-3-5-17(20)6-4-15/h3-6,9-11H,7-8,12H2,1-2H3. The van der Waals surface area contributed by atoms with Crippen LogP contribution in [0.2, 0.25) is 5.02 Å². The average molecular weight is 359 g/mol. The number of carbonyl (C=O) groups is 1. The van der Waals surface area contributed by atoms with E-state index in [1.54, 1.807) is 16.7 Å². The van der Waals surface area contributed by atoms with Crippen LogP contribution in [0.1, 0.15) is 27.0 Å². The minimum atomic E-state index is 0.0293. The lowest BCUT2D eigenvalue weighted by molar-refractivity contribution is 0.0860. The molecular weight excluding hydrogens is 340 g/mol. The van der Waals surface area contributed by atoms with Crippen molar-refractivity contribution in [1.29, 1.82) is 0 Å². The third-order valence-electron chi connectivity index (χ3n) is 3.80. The molecule has 2 aromatic carbocycles. The number of carbonyl (C=O) groups excluding carboxylic acids is 1. The van der Waals surface area contributed by atoms with Gasteiger partial charge in [-0.25, -0.2) is 0 Å². The smallest absolute Gasteiger partial charge is 0.259 e. The van der Waals surface area contributed by atoms with Crippen LogP contribution in [0, 0.1) is 13.8 Å². The second-order valence-corrected chi connectivity index (χ2v) is 7.29. The molecule has 0 bridgehead atoms. The summed E-state index contributed by atoms with van der Waals surface area (Å²) in [6, 6.07) is 13.7. The van der Waals surface area contributed by atoms with E-state index in [2.05, 4.69) is 11.1 Å². The van der Waals surface area contributed by atoms with Crippen LogP contribution in [-0.4, -0.2) is 29.1 Å². The largest absolute Gasteiger partial charge is 0.286 e. The Morgan fingerprint density at radius 1 is 1.17 bits per heavy atom. The SMILES string of the molecule is Cc1cc(C)cc(C(=O)N2CCN=C2SCc2ccc(Cl)cc2)c1. The lowest BCUT2D eigenvalue weighted by atomic mass is 10.1. The van der Waals surface area contributed by atoms with Crippen molar-refractivity contribution < 1.29 is 4.79 Å². The highest BCUT2D eigenvalue weighted by Gasteiger charge is 2.25. The zero-order chi connectivity index (χ0) is 17.1. The van der Waals surface area contributed by atoms with E-state index in [1.807, 2.05) is 50.2 Å². The Kier molecular flexibility index (Phi) is 5.27. The molecule has 124 valence electrons. The van der Waals surface area contributed by atoms with Crippen LogP contribution in [0.15, 0.2) is 47.5 Å². The van der Waals surface area contributed by atoms with Gasteiger partial charge < -0.3 is 0 Å². The molecule has 0 N–H and O–H groups in total. The molecule has 24 heavy (non-hydrogen) atoms. The van der Waals surface area contributed by atoms with Gasteiger partial charge in [0, 0.05) is 22.9 Å². The molecule has 0 spiro atoms. The molecule has 0 aromatic heterocycles. The Balaban J connectivity index is 1.70. The predicted octanol–water partition coefficient (Wildman–Crippen LogP) is 4.70. The molecule has 1 heterocycles. The van der Waals surface area contributed by atoms with E-state index >= 15 is 0 Å². The monoisotopic (exact) mass is 358 g/mol. The zero-order valence-corrected chi connectivity index (χ0v) is 15.3. The van der Waals surface area contributed by atoms with Crippen molar-refractivity contribution in [2.24, 2.45) is 4.99 Å². The minimum Gasteiger partial charge on any atom is -0.286 e. The van der Waals surface area contributed by atoms with Gasteiger partial charge in [-0.1, -0.05) is 52.7 Å². The Hall–Kier alpha value is -1.78. The molecule has 0 saturated carbocycles. The van der Waals surface area contributed by atoms with Crippen molar-refractivity contribution in [3.8, 4) is 0 Å². The average Bonchev–Trinajstić information content (AvgIpc) is 3.01. The number of aliphatic imine (C=N–C) groups is 1. The molecule has 1 aliphatic rings. The van der Waals surface area contributed by atoms with E-state index in [4.69, 9.17) is 11.6 Å². The quantitative estimate of drug-likeness (QED) is 0.796. The summed E-state index contributed by atoms with van der Waals surface area (Å²) in [4.78, 5) is 19.1. The summed E-state index contributed by atoms with van der Waals surface area (Å²) in [6.45, 7) is 5.34. The van der Waals surface area contributed by atoms with E-state index in [9.17, 15) is 4.79 Å². The van der Waals surface area contributed by atoms with Crippen molar-refractivity contribution in [3.63, 3.8) is 0 Å². The molecule has 3 rings (SSSR count). The summed E-state index contributed by atoms with van der Waals surface area (Å²) in [6.07, 6.45) is 0. The number of aryl methyl sites for hydroxylation is 2. The van der Waals surface area contributed by atoms with Gasteiger partial charge in [-0.15, -0.1) is 0 Å². The first-order valence-corrected chi connectivity index (χ1v) is 9.21. The Morgan fingerprint density at radius 2 is 1.83 bits per heavy atom. The number of hydrogen-bond acceptors (Lipinski definition) is 3. The lowest BCUT2D eigenvalue weighted by Gasteiger charge is -2.18. The molecule has 0 aliphatic carbocycles. The number of amidine groups is 1. The number of benzene rings is 2. The van der Waals surface area contributed by atoms with Crippen LogP contribution in [0.5, 0.6) is 0 Å². The van der Waals surface area contributed by atoms with Crippen LogP contribution in [0.3, 0.4) is 0 Å². The fourth-order valence-electron chi connectivity index (χ4n) is 2.72. The van der Waals surface area contributed by atoms with Gasteiger partial charge in [0.15, 0.2) is 5.17 Å². The number of hydrogen-bond donors (Lipinski definition) is 0. The second-order valence-electron chi connectivity index (χ2n) is 5.91. The molecule has 0 atom stereocenters. The van der Waals surface area contributed by atoms with E-state index in [-0.39, 0.29) is 5.91 Å². The van der Waals surface area contributed by atoms with Gasteiger partial charge in [0.2, 0.25) is 0 Å². The third kappa shape index (κ3) is 4.00. The summed E-state index contributed by atoms with van der Waals surface area (Å²) in [5, 5.41) is 1.53. The van der Waals surface area contributed by atoms with E-state index in [0.29, 0.717) is 13.1 Å². The molecule has 2 aromatic rings. The molecule has 1 amide bonds. The normalized spacial score (nSPS) is 14.0. The van der Waals surface area contributed by atoms with Gasteiger partial charge in [0.05, 0.1) is 6.54 Å². The molecule has 3 nitrogen and oxygen atoms in total. The van der Waals surface area contributed by atoms with Gasteiger partial charge in [-0.05, 0) is 43.7 Å². The van der Waals surface area contributed by atoms with Gasteiger partial charge >= 0.3 is 0 Å². The van der Waals surface area contributed by atoms with Crippen LogP contribution in [-0.2, 0) is 5.75 Å². The van der Waals surface area contributed by atoms with Gasteiger partial charge in [0.25, 0.3) is 5.91 Å². The molecule has 0 unspecified atom stereocenters. The first-order chi connectivity index (χ1) is 11.5. The summed E-state index contributed by atoms with van der Waals surface area (Å²) < 4.78 is 0. The molecule has 5 heteroatoms. The topological polar surface area (TPSA) is 32.7 Å². The third-order valence-corrected chi connectivity index (χ3v) is 5.13. The van der Waals surface area contributed by atoms with Crippen LogP contribution < -0.4 is 0 Å². The lowest BCUT2D eigenvalue weighted by Crippen LogP contribution is -2.33. The van der Waals surface area contributed by atoms with Gasteiger partial charge in [0.1, 0.15) is 0 Å². The number of amides is 1. The van der Waals surface area contributed by atoms with Gasteiger partial charge in [-0.3, -0.25) is 14.7 Å². The van der Waals surface area contributed by atoms with Crippen LogP contribution in [0.4, 0.5) is 0 Å². The summed E-state index contributed by atoms with van der Waals surface area (Å²) in [5.41, 5.74) is 4.10. The highest BCUT2D eigenvalue weighted by Crippen LogP contribution is 2.23. The highest BCUT2D eigenvalue weighted by atomic mass is 35.5. The summed E-state index contributed by atoms with van der Waals surface area (Å²) >= 11 is 7.51. The summed E-state index contributed by atoms with van der Waals surface area (Å²) in [7, 11) is 0. The molecule has 0 fully saturated rings. The predicted molar refractivity (Wildman–Crippen MR) is 102 cm³/mol. The maximum absolute atomic E-state index is 12.8. The van der Waals surface area contributed by atoms with Crippen LogP contribution >= 0.6 is 23.4 Å².